The SMILES string of the molecule is C[N+]1(CCCc2ccccc2)CC[C@H](COC(=O)C([O-])(c2ccccc2)c2ccccc2)C1. The maximum absolute atomic E-state index is 13.9. The highest BCUT2D eigenvalue weighted by Crippen LogP contribution is 2.29. The molecule has 3 aromatic carbocycles. The van der Waals surface area contributed by atoms with E-state index >= 15 is 0 Å². The number of nitrogens with zero attached hydrogens (tertiary/aromatic N) is 1. The van der Waals surface area contributed by atoms with Crippen LogP contribution in [0.2, 0.25) is 0 Å². The Morgan fingerprint density at radius 1 is 0.939 bits per heavy atom. The fourth-order valence-corrected chi connectivity index (χ4v) is 4.99. The van der Waals surface area contributed by atoms with Crippen LogP contribution in [-0.4, -0.2) is 43.7 Å². The number of hydrogen-bond acceptors (Lipinski definition) is 3. The number of esters is 1. The minimum absolute atomic E-state index is 0.284. The van der Waals surface area contributed by atoms with Crippen molar-refractivity contribution in [1.82, 2.24) is 0 Å². The number of carbonyl (C=O) groups excluding carboxylic acids is 1. The van der Waals surface area contributed by atoms with E-state index in [2.05, 4.69) is 37.4 Å². The normalized spacial score (nSPS) is 20.5. The summed E-state index contributed by atoms with van der Waals surface area (Å²) in [6, 6.07) is 28.2. The lowest BCUT2D eigenvalue weighted by molar-refractivity contribution is -0.899. The molecule has 0 aromatic heterocycles. The van der Waals surface area contributed by atoms with E-state index in [1.165, 1.54) is 5.56 Å². The van der Waals surface area contributed by atoms with Gasteiger partial charge >= 0.3 is 5.97 Å². The Labute approximate surface area is 197 Å². The van der Waals surface area contributed by atoms with Crippen LogP contribution < -0.4 is 5.11 Å². The lowest BCUT2D eigenvalue weighted by Gasteiger charge is -2.39. The van der Waals surface area contributed by atoms with E-state index in [1.54, 1.807) is 48.5 Å². The second-order valence-electron chi connectivity index (χ2n) is 9.50. The molecule has 0 saturated carbocycles. The Kier molecular flexibility index (Phi) is 7.26. The zero-order valence-electron chi connectivity index (χ0n) is 19.4. The monoisotopic (exact) mass is 443 g/mol. The fourth-order valence-electron chi connectivity index (χ4n) is 4.99. The van der Waals surface area contributed by atoms with Crippen LogP contribution in [0.15, 0.2) is 91.0 Å². The van der Waals surface area contributed by atoms with Gasteiger partial charge in [0.05, 0.1) is 33.3 Å². The molecular weight excluding hydrogens is 410 g/mol. The number of likely N-dealkylation sites (tertiary alicyclic amines) is 1. The molecule has 172 valence electrons. The van der Waals surface area contributed by atoms with Gasteiger partial charge in [0.1, 0.15) is 0 Å². The number of carbonyl (C=O) groups is 1. The molecule has 4 rings (SSSR count). The Bertz CT molecular complexity index is 983. The highest BCUT2D eigenvalue weighted by Gasteiger charge is 2.37. The molecule has 1 heterocycles. The molecule has 4 heteroatoms. The summed E-state index contributed by atoms with van der Waals surface area (Å²) in [6.45, 7) is 3.47. The molecule has 0 bridgehead atoms. The van der Waals surface area contributed by atoms with Crippen molar-refractivity contribution >= 4 is 5.97 Å². The average molecular weight is 444 g/mol. The second-order valence-corrected chi connectivity index (χ2v) is 9.50. The van der Waals surface area contributed by atoms with Gasteiger partial charge in [-0.2, -0.15) is 0 Å². The van der Waals surface area contributed by atoms with Crippen molar-refractivity contribution in [3.8, 4) is 0 Å². The van der Waals surface area contributed by atoms with Crippen LogP contribution in [0.4, 0.5) is 0 Å². The first-order chi connectivity index (χ1) is 16.0. The van der Waals surface area contributed by atoms with Crippen molar-refractivity contribution in [2.45, 2.75) is 24.9 Å². The molecule has 4 nitrogen and oxygen atoms in total. The van der Waals surface area contributed by atoms with Crippen molar-refractivity contribution in [2.24, 2.45) is 5.92 Å². The zero-order chi connectivity index (χ0) is 23.2. The van der Waals surface area contributed by atoms with Crippen LogP contribution in [-0.2, 0) is 21.6 Å². The van der Waals surface area contributed by atoms with Crippen molar-refractivity contribution in [2.75, 3.05) is 33.3 Å². The first kappa shape index (κ1) is 23.2. The van der Waals surface area contributed by atoms with Gasteiger partial charge in [0.25, 0.3) is 0 Å². The summed E-state index contributed by atoms with van der Waals surface area (Å²) in [5, 5.41) is 13.9. The molecule has 2 atom stereocenters. The predicted octanol–water partition coefficient (Wildman–Crippen LogP) is 3.93. The molecule has 1 aliphatic rings. The molecular formula is C29H33NO3. The number of ether oxygens (including phenoxy) is 1. The molecule has 0 N–H and O–H groups in total. The van der Waals surface area contributed by atoms with E-state index in [1.807, 2.05) is 12.1 Å². The quantitative estimate of drug-likeness (QED) is 0.372. The van der Waals surface area contributed by atoms with Crippen LogP contribution in [0.5, 0.6) is 0 Å². The van der Waals surface area contributed by atoms with Crippen molar-refractivity contribution in [3.05, 3.63) is 108 Å². The van der Waals surface area contributed by atoms with Crippen LogP contribution in [0.25, 0.3) is 0 Å². The molecule has 0 amide bonds. The van der Waals surface area contributed by atoms with Gasteiger partial charge in [-0.3, -0.25) is 4.79 Å². The van der Waals surface area contributed by atoms with Gasteiger partial charge in [-0.1, -0.05) is 91.0 Å². The molecule has 3 aromatic rings. The molecule has 1 saturated heterocycles. The van der Waals surface area contributed by atoms with Gasteiger partial charge in [0.15, 0.2) is 0 Å². The Balaban J connectivity index is 1.35. The third kappa shape index (κ3) is 5.52. The van der Waals surface area contributed by atoms with E-state index in [0.717, 1.165) is 43.4 Å². The van der Waals surface area contributed by atoms with E-state index in [-0.39, 0.29) is 5.92 Å². The van der Waals surface area contributed by atoms with Gasteiger partial charge in [-0.15, -0.1) is 0 Å². The van der Waals surface area contributed by atoms with E-state index in [4.69, 9.17) is 4.74 Å². The van der Waals surface area contributed by atoms with Crippen LogP contribution in [0.3, 0.4) is 0 Å². The van der Waals surface area contributed by atoms with Gasteiger partial charge in [0, 0.05) is 24.4 Å². The number of aryl methyl sites for hydroxylation is 1. The summed E-state index contributed by atoms with van der Waals surface area (Å²) >= 11 is 0. The highest BCUT2D eigenvalue weighted by atomic mass is 16.5. The third-order valence-electron chi connectivity index (χ3n) is 6.88. The summed E-state index contributed by atoms with van der Waals surface area (Å²) in [4.78, 5) is 13.2. The molecule has 0 spiro atoms. The average Bonchev–Trinajstić information content (AvgIpc) is 3.24. The van der Waals surface area contributed by atoms with Gasteiger partial charge in [0.2, 0.25) is 0 Å². The van der Waals surface area contributed by atoms with Crippen molar-refractivity contribution in [3.63, 3.8) is 0 Å². The van der Waals surface area contributed by atoms with Gasteiger partial charge < -0.3 is 14.3 Å². The summed E-state index contributed by atoms with van der Waals surface area (Å²) in [5.74, 6) is -0.434. The molecule has 33 heavy (non-hydrogen) atoms. The number of rotatable bonds is 9. The largest absolute Gasteiger partial charge is 0.834 e. The summed E-state index contributed by atoms with van der Waals surface area (Å²) in [7, 11) is 2.29. The van der Waals surface area contributed by atoms with Crippen molar-refractivity contribution in [1.29, 1.82) is 0 Å². The molecule has 1 unspecified atom stereocenters. The number of benzene rings is 3. The second kappa shape index (κ2) is 10.3. The first-order valence-corrected chi connectivity index (χ1v) is 11.9. The Hall–Kier alpha value is -2.95. The third-order valence-corrected chi connectivity index (χ3v) is 6.88. The van der Waals surface area contributed by atoms with E-state index < -0.39 is 11.6 Å². The summed E-state index contributed by atoms with van der Waals surface area (Å²) in [6.07, 6.45) is 3.23. The van der Waals surface area contributed by atoms with Gasteiger partial charge in [-0.25, -0.2) is 0 Å². The molecule has 0 aliphatic carbocycles. The standard InChI is InChI=1S/C29H33NO3/c1-30(20-11-14-24-12-5-2-6-13-24)21-19-25(22-30)23-33-28(31)29(32,26-15-7-3-8-16-26)27-17-9-4-10-18-27/h2-10,12-13,15-18,25H,11,14,19-23H2,1H3/t25-,30?/m0/s1. The minimum Gasteiger partial charge on any atom is -0.834 e. The minimum atomic E-state index is -2.06. The maximum Gasteiger partial charge on any atom is 0.304 e. The molecule has 1 fully saturated rings. The lowest BCUT2D eigenvalue weighted by atomic mass is 9.86. The first-order valence-electron chi connectivity index (χ1n) is 11.9. The number of quaternary nitrogens is 1. The number of hydrogen-bond donors (Lipinski definition) is 0. The van der Waals surface area contributed by atoms with E-state index in [0.29, 0.717) is 17.7 Å². The molecule has 0 radical (unpaired) electrons. The van der Waals surface area contributed by atoms with E-state index in [9.17, 15) is 9.90 Å². The zero-order valence-corrected chi connectivity index (χ0v) is 19.4. The van der Waals surface area contributed by atoms with Crippen molar-refractivity contribution < 1.29 is 19.1 Å². The van der Waals surface area contributed by atoms with Crippen LogP contribution in [0.1, 0.15) is 29.5 Å². The van der Waals surface area contributed by atoms with Crippen LogP contribution in [0, 0.1) is 5.92 Å². The highest BCUT2D eigenvalue weighted by molar-refractivity contribution is 5.85. The summed E-state index contributed by atoms with van der Waals surface area (Å²) < 4.78 is 6.70. The topological polar surface area (TPSA) is 49.4 Å². The lowest BCUT2D eigenvalue weighted by Crippen LogP contribution is -2.50. The van der Waals surface area contributed by atoms with Gasteiger partial charge in [-0.05, 0) is 23.1 Å². The predicted molar refractivity (Wildman–Crippen MR) is 128 cm³/mol. The summed E-state index contributed by atoms with van der Waals surface area (Å²) in [5.41, 5.74) is 0.139. The van der Waals surface area contributed by atoms with Crippen LogP contribution >= 0.6 is 0 Å². The smallest absolute Gasteiger partial charge is 0.304 e. The Morgan fingerprint density at radius 3 is 2.06 bits per heavy atom. The molecule has 1 aliphatic heterocycles. The maximum atomic E-state index is 13.9. The Morgan fingerprint density at radius 2 is 1.48 bits per heavy atom. The fraction of sp³-hybridized carbons (Fsp3) is 0.345.